The summed E-state index contributed by atoms with van der Waals surface area (Å²) in [5, 5.41) is 2.75. The summed E-state index contributed by atoms with van der Waals surface area (Å²) in [5.41, 5.74) is 2.87. The molecule has 1 amide bonds. The van der Waals surface area contributed by atoms with Gasteiger partial charge < -0.3 is 19.7 Å². The van der Waals surface area contributed by atoms with Gasteiger partial charge >= 0.3 is 0 Å². The van der Waals surface area contributed by atoms with E-state index >= 15 is 0 Å². The smallest absolute Gasteiger partial charge is 0.279 e. The predicted molar refractivity (Wildman–Crippen MR) is 92.7 cm³/mol. The molecule has 2 aromatic rings. The number of carbonyl (C=O) groups excluding carboxylic acids is 1. The molecule has 0 aliphatic carbocycles. The first-order chi connectivity index (χ1) is 12.1. The Morgan fingerprint density at radius 1 is 1.16 bits per heavy atom. The molecule has 3 rings (SSSR count). The number of carbonyl (C=O) groups is 1. The second-order valence-corrected chi connectivity index (χ2v) is 6.14. The van der Waals surface area contributed by atoms with Gasteiger partial charge in [0.1, 0.15) is 12.4 Å². The lowest BCUT2D eigenvalue weighted by atomic mass is 9.99. The summed E-state index contributed by atoms with van der Waals surface area (Å²) in [6.07, 6.45) is 0.873. The van der Waals surface area contributed by atoms with Gasteiger partial charge in [-0.2, -0.15) is 0 Å². The number of benzene rings is 2. The first kappa shape index (κ1) is 17.2. The summed E-state index contributed by atoms with van der Waals surface area (Å²) in [6.45, 7) is 1.94. The van der Waals surface area contributed by atoms with Crippen molar-refractivity contribution >= 4 is 11.6 Å². The van der Waals surface area contributed by atoms with E-state index in [0.29, 0.717) is 18.0 Å². The third-order valence-corrected chi connectivity index (χ3v) is 4.41. The second-order valence-electron chi connectivity index (χ2n) is 6.14. The molecule has 0 radical (unpaired) electrons. The average Bonchev–Trinajstić information content (AvgIpc) is 2.60. The monoisotopic (exact) mass is 345 g/mol. The molecule has 25 heavy (non-hydrogen) atoms. The van der Waals surface area contributed by atoms with Crippen LogP contribution >= 0.6 is 0 Å². The number of methoxy groups -OCH3 is 2. The topological polar surface area (TPSA) is 52.0 Å². The Labute approximate surface area is 146 Å². The van der Waals surface area contributed by atoms with E-state index < -0.39 is 0 Å². The highest BCUT2D eigenvalue weighted by atomic mass is 19.1. The number of ether oxygens (including phenoxy) is 2. The third-order valence-electron chi connectivity index (χ3n) is 4.41. The van der Waals surface area contributed by atoms with Crippen LogP contribution in [-0.4, -0.2) is 33.2 Å². The zero-order valence-corrected chi connectivity index (χ0v) is 14.4. The summed E-state index contributed by atoms with van der Waals surface area (Å²) in [6, 6.07) is 9.92. The van der Waals surface area contributed by atoms with Gasteiger partial charge in [0.05, 0.1) is 20.8 Å². The number of rotatable bonds is 5. The van der Waals surface area contributed by atoms with Crippen molar-refractivity contribution in [2.24, 2.45) is 0 Å². The maximum atomic E-state index is 13.2. The molecule has 2 N–H and O–H groups in total. The summed E-state index contributed by atoms with van der Waals surface area (Å²) < 4.78 is 23.9. The number of hydrogen-bond donors (Lipinski definition) is 2. The fraction of sp³-hybridized carbons (Fsp3) is 0.316. The van der Waals surface area contributed by atoms with E-state index in [0.717, 1.165) is 35.7 Å². The molecule has 5 nitrogen and oxygen atoms in total. The van der Waals surface area contributed by atoms with Gasteiger partial charge in [-0.25, -0.2) is 4.39 Å². The number of amides is 1. The highest BCUT2D eigenvalue weighted by Gasteiger charge is 2.24. The van der Waals surface area contributed by atoms with Crippen molar-refractivity contribution in [2.45, 2.75) is 13.0 Å². The molecule has 2 aromatic carbocycles. The second kappa shape index (κ2) is 7.53. The van der Waals surface area contributed by atoms with Gasteiger partial charge in [0.2, 0.25) is 0 Å². The van der Waals surface area contributed by atoms with Crippen LogP contribution in [0.1, 0.15) is 11.1 Å². The Balaban J connectivity index is 1.65. The molecule has 0 spiro atoms. The van der Waals surface area contributed by atoms with Gasteiger partial charge in [0.25, 0.3) is 5.91 Å². The van der Waals surface area contributed by atoms with Crippen LogP contribution in [0.3, 0.4) is 0 Å². The van der Waals surface area contributed by atoms with E-state index in [1.807, 2.05) is 12.1 Å². The number of hydrogen-bond acceptors (Lipinski definition) is 3. The number of nitrogens with one attached hydrogen (secondary N) is 2. The Morgan fingerprint density at radius 2 is 1.88 bits per heavy atom. The van der Waals surface area contributed by atoms with Gasteiger partial charge in [-0.15, -0.1) is 0 Å². The Morgan fingerprint density at radius 3 is 2.56 bits per heavy atom. The minimum absolute atomic E-state index is 0.121. The highest BCUT2D eigenvalue weighted by molar-refractivity contribution is 5.91. The lowest BCUT2D eigenvalue weighted by Crippen LogP contribution is -3.12. The van der Waals surface area contributed by atoms with Gasteiger partial charge in [0, 0.05) is 17.7 Å². The minimum Gasteiger partial charge on any atom is -0.493 e. The fourth-order valence-electron chi connectivity index (χ4n) is 3.18. The first-order valence-electron chi connectivity index (χ1n) is 8.22. The molecule has 0 fully saturated rings. The van der Waals surface area contributed by atoms with E-state index in [9.17, 15) is 9.18 Å². The van der Waals surface area contributed by atoms with Crippen LogP contribution in [0.15, 0.2) is 36.4 Å². The van der Waals surface area contributed by atoms with Crippen molar-refractivity contribution in [2.75, 3.05) is 32.6 Å². The fourth-order valence-corrected chi connectivity index (χ4v) is 3.18. The van der Waals surface area contributed by atoms with E-state index in [4.69, 9.17) is 9.47 Å². The van der Waals surface area contributed by atoms with Crippen LogP contribution in [0.5, 0.6) is 11.5 Å². The molecule has 0 saturated carbocycles. The lowest BCUT2D eigenvalue weighted by Gasteiger charge is -2.26. The molecular formula is C19H22FN2O3+. The number of quaternary nitrogens is 1. The summed E-state index contributed by atoms with van der Waals surface area (Å²) in [5.74, 6) is 0.947. The molecule has 1 aliphatic heterocycles. The van der Waals surface area contributed by atoms with Crippen LogP contribution in [0.2, 0.25) is 0 Å². The molecule has 0 aromatic heterocycles. The Kier molecular flexibility index (Phi) is 5.19. The van der Waals surface area contributed by atoms with Crippen LogP contribution < -0.4 is 19.7 Å². The number of fused-ring (bicyclic) bond motifs is 1. The normalized spacial score (nSPS) is 16.0. The third kappa shape index (κ3) is 4.09. The minimum atomic E-state index is -0.363. The zero-order chi connectivity index (χ0) is 17.8. The molecular weight excluding hydrogens is 323 g/mol. The molecule has 6 heteroatoms. The molecule has 0 bridgehead atoms. The van der Waals surface area contributed by atoms with E-state index in [1.54, 1.807) is 26.4 Å². The maximum Gasteiger partial charge on any atom is 0.279 e. The highest BCUT2D eigenvalue weighted by Crippen LogP contribution is 2.31. The molecule has 1 heterocycles. The Hall–Kier alpha value is -2.60. The molecule has 1 atom stereocenters. The van der Waals surface area contributed by atoms with Gasteiger partial charge in [-0.1, -0.05) is 6.07 Å². The number of halogens is 1. The molecule has 1 unspecified atom stereocenters. The van der Waals surface area contributed by atoms with Crippen LogP contribution in [0.4, 0.5) is 10.1 Å². The van der Waals surface area contributed by atoms with Crippen LogP contribution in [0, 0.1) is 5.82 Å². The van der Waals surface area contributed by atoms with Crippen molar-refractivity contribution in [1.82, 2.24) is 0 Å². The van der Waals surface area contributed by atoms with Crippen LogP contribution in [0.25, 0.3) is 0 Å². The van der Waals surface area contributed by atoms with Crippen molar-refractivity contribution in [3.63, 3.8) is 0 Å². The lowest BCUT2D eigenvalue weighted by molar-refractivity contribution is -0.907. The Bertz CT molecular complexity index is 779. The van der Waals surface area contributed by atoms with Crippen molar-refractivity contribution in [1.29, 1.82) is 0 Å². The predicted octanol–water partition coefficient (Wildman–Crippen LogP) is 1.42. The van der Waals surface area contributed by atoms with E-state index in [2.05, 4.69) is 5.32 Å². The average molecular weight is 345 g/mol. The summed E-state index contributed by atoms with van der Waals surface area (Å²) in [4.78, 5) is 13.4. The van der Waals surface area contributed by atoms with Crippen LogP contribution in [-0.2, 0) is 17.8 Å². The number of anilines is 1. The van der Waals surface area contributed by atoms with Gasteiger partial charge in [0.15, 0.2) is 18.0 Å². The van der Waals surface area contributed by atoms with E-state index in [-0.39, 0.29) is 11.7 Å². The molecule has 1 aliphatic rings. The van der Waals surface area contributed by atoms with Gasteiger partial charge in [-0.3, -0.25) is 4.79 Å². The summed E-state index contributed by atoms with van der Waals surface area (Å²) in [7, 11) is 3.24. The molecule has 0 saturated heterocycles. The van der Waals surface area contributed by atoms with Crippen molar-refractivity contribution in [3.8, 4) is 11.5 Å². The largest absolute Gasteiger partial charge is 0.493 e. The quantitative estimate of drug-likeness (QED) is 0.862. The molecule has 132 valence electrons. The maximum absolute atomic E-state index is 13.2. The standard InChI is InChI=1S/C19H21FN2O3/c1-24-17-8-13-6-7-22(11-14(13)9-18(17)25-2)12-19(23)21-16-5-3-4-15(20)10-16/h3-5,8-10H,6-7,11-12H2,1-2H3,(H,21,23)/p+1. The van der Waals surface area contributed by atoms with Crippen molar-refractivity contribution < 1.29 is 23.6 Å². The van der Waals surface area contributed by atoms with Gasteiger partial charge in [-0.05, 0) is 35.9 Å². The van der Waals surface area contributed by atoms with E-state index in [1.165, 1.54) is 17.7 Å². The SMILES string of the molecule is COc1cc2c(cc1OC)C[NH+](CC(=O)Nc1cccc(F)c1)CC2. The first-order valence-corrected chi connectivity index (χ1v) is 8.22. The zero-order valence-electron chi connectivity index (χ0n) is 14.4. The summed E-state index contributed by atoms with van der Waals surface area (Å²) >= 11 is 0. The van der Waals surface area contributed by atoms with Crippen molar-refractivity contribution in [3.05, 3.63) is 53.3 Å².